The molecule has 0 fully saturated rings. The Morgan fingerprint density at radius 1 is 1.80 bits per heavy atom. The van der Waals surface area contributed by atoms with Gasteiger partial charge in [-0.05, 0) is 25.0 Å². The molecule has 54 valence electrons. The summed E-state index contributed by atoms with van der Waals surface area (Å²) in [6, 6.07) is 0.203. The average Bonchev–Trinajstić information content (AvgIpc) is 1.88. The van der Waals surface area contributed by atoms with Crippen LogP contribution in [0.2, 0.25) is 0 Å². The summed E-state index contributed by atoms with van der Waals surface area (Å²) in [4.78, 5) is 10.5. The monoisotopic (exact) mass is 249 g/mol. The first-order valence-electron chi connectivity index (χ1n) is 3.16. The molecule has 0 saturated carbocycles. The van der Waals surface area contributed by atoms with E-state index in [1.54, 1.807) is 22.6 Å². The van der Waals surface area contributed by atoms with Crippen LogP contribution in [0.25, 0.3) is 0 Å². The van der Waals surface area contributed by atoms with Crippen molar-refractivity contribution in [3.8, 4) is 0 Å². The number of rotatable bonds is 1. The molecule has 0 spiro atoms. The molecule has 1 amide bonds. The third-order valence-corrected chi connectivity index (χ3v) is 1.65. The molecule has 3 heteroatoms. The predicted molar refractivity (Wildman–Crippen MR) is 48.2 cm³/mol. The van der Waals surface area contributed by atoms with Crippen LogP contribution in [0.5, 0.6) is 0 Å². The van der Waals surface area contributed by atoms with Gasteiger partial charge in [0.15, 0.2) is 0 Å². The van der Waals surface area contributed by atoms with Crippen molar-refractivity contribution in [2.24, 2.45) is 0 Å². The van der Waals surface area contributed by atoms with Crippen LogP contribution in [0.4, 0.5) is 4.79 Å². The molecule has 0 bridgehead atoms. The summed E-state index contributed by atoms with van der Waals surface area (Å²) in [6.45, 7) is 0. The van der Waals surface area contributed by atoms with Crippen molar-refractivity contribution in [3.63, 3.8) is 0 Å². The second kappa shape index (κ2) is 3.78. The molecule has 1 aliphatic rings. The molecule has 0 radical (unpaired) electrons. The molecular formula is C7H8INO. The number of hydrogen-bond donors (Lipinski definition) is 1. The van der Waals surface area contributed by atoms with E-state index in [0.29, 0.717) is 0 Å². The van der Waals surface area contributed by atoms with Crippen LogP contribution in [-0.2, 0) is 0 Å². The zero-order valence-corrected chi connectivity index (χ0v) is 7.59. The molecule has 1 unspecified atom stereocenters. The molecule has 0 aromatic heterocycles. The Morgan fingerprint density at radius 3 is 3.10 bits per heavy atom. The Morgan fingerprint density at radius 2 is 2.60 bits per heavy atom. The fourth-order valence-corrected chi connectivity index (χ4v) is 1.27. The Bertz CT molecular complexity index is 194. The van der Waals surface area contributed by atoms with Crippen LogP contribution < -0.4 is 5.32 Å². The minimum atomic E-state index is 0.00236. The Balaban J connectivity index is 2.42. The average molecular weight is 249 g/mol. The number of nitrogens with one attached hydrogen (secondary N) is 1. The van der Waals surface area contributed by atoms with Crippen LogP contribution in [0, 0.1) is 0 Å². The van der Waals surface area contributed by atoms with Crippen molar-refractivity contribution in [1.82, 2.24) is 5.32 Å². The molecule has 2 nitrogen and oxygen atoms in total. The van der Waals surface area contributed by atoms with Gasteiger partial charge in [-0.15, -0.1) is 5.73 Å². The largest absolute Gasteiger partial charge is 0.341 e. The summed E-state index contributed by atoms with van der Waals surface area (Å²) in [5.41, 5.74) is 2.97. The maximum atomic E-state index is 10.5. The Labute approximate surface area is 73.5 Å². The lowest BCUT2D eigenvalue weighted by molar-refractivity contribution is 0.261. The van der Waals surface area contributed by atoms with Gasteiger partial charge in [0, 0.05) is 22.6 Å². The van der Waals surface area contributed by atoms with Crippen LogP contribution in [0.3, 0.4) is 0 Å². The lowest BCUT2D eigenvalue weighted by atomic mass is 10.1. The molecule has 0 saturated heterocycles. The van der Waals surface area contributed by atoms with E-state index >= 15 is 0 Å². The number of amides is 1. The van der Waals surface area contributed by atoms with Gasteiger partial charge in [-0.1, -0.05) is 0 Å². The van der Waals surface area contributed by atoms with E-state index < -0.39 is 0 Å². The van der Waals surface area contributed by atoms with Crippen molar-refractivity contribution < 1.29 is 4.79 Å². The van der Waals surface area contributed by atoms with Gasteiger partial charge in [-0.3, -0.25) is 4.79 Å². The quantitative estimate of drug-likeness (QED) is 0.327. The normalized spacial score (nSPS) is 22.7. The molecule has 0 aromatic carbocycles. The van der Waals surface area contributed by atoms with Crippen LogP contribution in [0.15, 0.2) is 17.9 Å². The minimum absolute atomic E-state index is 0.00236. The lowest BCUT2D eigenvalue weighted by Crippen LogP contribution is -2.29. The van der Waals surface area contributed by atoms with Gasteiger partial charge < -0.3 is 5.32 Å². The highest BCUT2D eigenvalue weighted by molar-refractivity contribution is 14.1. The van der Waals surface area contributed by atoms with Gasteiger partial charge in [0.1, 0.15) is 0 Å². The van der Waals surface area contributed by atoms with E-state index in [4.69, 9.17) is 0 Å². The molecule has 1 rings (SSSR count). The third-order valence-electron chi connectivity index (χ3n) is 1.34. The van der Waals surface area contributed by atoms with E-state index in [1.165, 1.54) is 0 Å². The SMILES string of the molecule is O=C(I)NC1C=C=CCC1. The van der Waals surface area contributed by atoms with E-state index in [9.17, 15) is 4.79 Å². The number of hydrogen-bond acceptors (Lipinski definition) is 1. The van der Waals surface area contributed by atoms with Gasteiger partial charge in [0.25, 0.3) is 3.91 Å². The fourth-order valence-electron chi connectivity index (χ4n) is 0.873. The standard InChI is InChI=1S/C7H8INO/c8-7(10)9-6-4-2-1-3-5-6/h1,5-6H,2,4H2,(H,9,10). The van der Waals surface area contributed by atoms with Crippen molar-refractivity contribution in [1.29, 1.82) is 0 Å². The molecule has 0 heterocycles. The summed E-state index contributed by atoms with van der Waals surface area (Å²) in [5.74, 6) is 0. The zero-order chi connectivity index (χ0) is 7.40. The van der Waals surface area contributed by atoms with Gasteiger partial charge >= 0.3 is 0 Å². The Hall–Kier alpha value is -0.280. The van der Waals surface area contributed by atoms with Crippen LogP contribution >= 0.6 is 22.6 Å². The van der Waals surface area contributed by atoms with E-state index in [-0.39, 0.29) is 9.96 Å². The first-order valence-corrected chi connectivity index (χ1v) is 4.24. The maximum Gasteiger partial charge on any atom is 0.281 e. The lowest BCUT2D eigenvalue weighted by Gasteiger charge is -2.12. The van der Waals surface area contributed by atoms with Gasteiger partial charge in [0.2, 0.25) is 0 Å². The molecule has 1 aliphatic carbocycles. The van der Waals surface area contributed by atoms with Crippen molar-refractivity contribution in [2.75, 3.05) is 0 Å². The minimum Gasteiger partial charge on any atom is -0.341 e. The first-order chi connectivity index (χ1) is 4.79. The van der Waals surface area contributed by atoms with Gasteiger partial charge in [-0.2, -0.15) is 0 Å². The van der Waals surface area contributed by atoms with Gasteiger partial charge in [0.05, 0.1) is 6.04 Å². The van der Waals surface area contributed by atoms with Crippen molar-refractivity contribution >= 4 is 26.5 Å². The highest BCUT2D eigenvalue weighted by Gasteiger charge is 2.06. The summed E-state index contributed by atoms with van der Waals surface area (Å²) < 4.78 is 0.00236. The summed E-state index contributed by atoms with van der Waals surface area (Å²) in [6.07, 6.45) is 5.88. The smallest absolute Gasteiger partial charge is 0.281 e. The topological polar surface area (TPSA) is 29.1 Å². The number of carbonyl (C=O) groups excluding carboxylic acids is 1. The first kappa shape index (κ1) is 7.82. The maximum absolute atomic E-state index is 10.5. The number of halogens is 1. The van der Waals surface area contributed by atoms with E-state index in [1.807, 2.05) is 12.2 Å². The zero-order valence-electron chi connectivity index (χ0n) is 5.43. The number of carbonyl (C=O) groups is 1. The third kappa shape index (κ3) is 2.54. The second-order valence-corrected chi connectivity index (χ2v) is 3.12. The molecule has 1 atom stereocenters. The predicted octanol–water partition coefficient (Wildman–Crippen LogP) is 2.00. The van der Waals surface area contributed by atoms with Gasteiger partial charge in [-0.25, -0.2) is 0 Å². The summed E-state index contributed by atoms with van der Waals surface area (Å²) in [7, 11) is 0. The molecular weight excluding hydrogens is 241 g/mol. The summed E-state index contributed by atoms with van der Waals surface area (Å²) >= 11 is 1.74. The van der Waals surface area contributed by atoms with Crippen LogP contribution in [-0.4, -0.2) is 9.96 Å². The molecule has 1 N–H and O–H groups in total. The highest BCUT2D eigenvalue weighted by atomic mass is 127. The van der Waals surface area contributed by atoms with Crippen molar-refractivity contribution in [3.05, 3.63) is 17.9 Å². The summed E-state index contributed by atoms with van der Waals surface area (Å²) in [5, 5.41) is 2.79. The van der Waals surface area contributed by atoms with Crippen LogP contribution in [0.1, 0.15) is 12.8 Å². The second-order valence-electron chi connectivity index (χ2n) is 2.14. The van der Waals surface area contributed by atoms with E-state index in [2.05, 4.69) is 11.0 Å². The Kier molecular flexibility index (Phi) is 2.96. The fraction of sp³-hybridized carbons (Fsp3) is 0.429. The van der Waals surface area contributed by atoms with Crippen molar-refractivity contribution in [2.45, 2.75) is 18.9 Å². The van der Waals surface area contributed by atoms with E-state index in [0.717, 1.165) is 12.8 Å². The molecule has 10 heavy (non-hydrogen) atoms. The highest BCUT2D eigenvalue weighted by Crippen LogP contribution is 2.04. The molecule has 0 aromatic rings. The molecule has 0 aliphatic heterocycles.